The van der Waals surface area contributed by atoms with E-state index in [2.05, 4.69) is 6.92 Å². The lowest BCUT2D eigenvalue weighted by Gasteiger charge is -2.25. The number of hydrogen-bond acceptors (Lipinski definition) is 3. The lowest BCUT2D eigenvalue weighted by Crippen LogP contribution is -2.35. The molecule has 0 aromatic heterocycles. The third-order valence-electron chi connectivity index (χ3n) is 5.11. The Morgan fingerprint density at radius 1 is 1.38 bits per heavy atom. The van der Waals surface area contributed by atoms with E-state index in [1.54, 1.807) is 4.90 Å². The Balaban J connectivity index is 1.69. The van der Waals surface area contributed by atoms with Crippen LogP contribution < -0.4 is 4.90 Å². The van der Waals surface area contributed by atoms with E-state index in [0.717, 1.165) is 37.2 Å². The van der Waals surface area contributed by atoms with E-state index < -0.39 is 0 Å². The number of thioether (sulfide) groups is 1. The first-order valence-corrected chi connectivity index (χ1v) is 9.94. The summed E-state index contributed by atoms with van der Waals surface area (Å²) in [6, 6.07) is 7.86. The molecule has 1 aliphatic heterocycles. The molecule has 130 valence electrons. The molecular formula is C19H26N2O2S. The van der Waals surface area contributed by atoms with Gasteiger partial charge in [0, 0.05) is 42.6 Å². The molecule has 5 heteroatoms. The molecule has 0 unspecified atom stereocenters. The van der Waals surface area contributed by atoms with Crippen LogP contribution in [0, 0.1) is 0 Å². The fourth-order valence-electron chi connectivity index (χ4n) is 3.75. The molecule has 1 saturated carbocycles. The second kappa shape index (κ2) is 7.60. The van der Waals surface area contributed by atoms with E-state index >= 15 is 0 Å². The highest BCUT2D eigenvalue weighted by Crippen LogP contribution is 2.33. The quantitative estimate of drug-likeness (QED) is 0.818. The zero-order chi connectivity index (χ0) is 17.1. The van der Waals surface area contributed by atoms with Crippen molar-refractivity contribution in [2.75, 3.05) is 24.2 Å². The molecule has 2 fully saturated rings. The molecule has 2 amide bonds. The highest BCUT2D eigenvalue weighted by molar-refractivity contribution is 7.99. The fraction of sp³-hybridized carbons (Fsp3) is 0.579. The lowest BCUT2D eigenvalue weighted by molar-refractivity contribution is -0.117. The summed E-state index contributed by atoms with van der Waals surface area (Å²) in [6.45, 7) is 2.95. The van der Waals surface area contributed by atoms with Crippen LogP contribution in [0.2, 0.25) is 0 Å². The average Bonchev–Trinajstić information content (AvgIpc) is 3.23. The first kappa shape index (κ1) is 17.3. The van der Waals surface area contributed by atoms with Crippen LogP contribution in [0.5, 0.6) is 0 Å². The van der Waals surface area contributed by atoms with E-state index in [1.807, 2.05) is 48.0 Å². The Hall–Kier alpha value is -1.49. The summed E-state index contributed by atoms with van der Waals surface area (Å²) in [4.78, 5) is 28.5. The van der Waals surface area contributed by atoms with Crippen molar-refractivity contribution in [3.63, 3.8) is 0 Å². The summed E-state index contributed by atoms with van der Waals surface area (Å²) in [6.07, 6.45) is 4.88. The van der Waals surface area contributed by atoms with Crippen LogP contribution in [0.4, 0.5) is 5.69 Å². The van der Waals surface area contributed by atoms with Crippen molar-refractivity contribution < 1.29 is 9.59 Å². The Labute approximate surface area is 148 Å². The van der Waals surface area contributed by atoms with Crippen molar-refractivity contribution >= 4 is 29.3 Å². The first-order chi connectivity index (χ1) is 11.6. The maximum Gasteiger partial charge on any atom is 0.253 e. The number of amides is 2. The molecule has 4 nitrogen and oxygen atoms in total. The zero-order valence-corrected chi connectivity index (χ0v) is 15.3. The van der Waals surface area contributed by atoms with Gasteiger partial charge in [-0.3, -0.25) is 9.59 Å². The van der Waals surface area contributed by atoms with Crippen molar-refractivity contribution in [3.8, 4) is 0 Å². The van der Waals surface area contributed by atoms with Crippen LogP contribution >= 0.6 is 11.8 Å². The van der Waals surface area contributed by atoms with Crippen LogP contribution in [0.1, 0.15) is 49.4 Å². The molecule has 2 atom stereocenters. The van der Waals surface area contributed by atoms with E-state index in [4.69, 9.17) is 0 Å². The molecule has 24 heavy (non-hydrogen) atoms. The SMILES string of the molecule is CCS[C@H]1CC[C@@H](N(C)C(=O)c2cccc(N3CCCC3=O)c2)C1. The summed E-state index contributed by atoms with van der Waals surface area (Å²) in [5.74, 6) is 1.36. The smallest absolute Gasteiger partial charge is 0.253 e. The molecule has 2 aliphatic rings. The summed E-state index contributed by atoms with van der Waals surface area (Å²) in [5, 5.41) is 0.684. The van der Waals surface area contributed by atoms with Gasteiger partial charge in [0.2, 0.25) is 5.91 Å². The van der Waals surface area contributed by atoms with Gasteiger partial charge in [-0.25, -0.2) is 0 Å². The van der Waals surface area contributed by atoms with E-state index in [9.17, 15) is 9.59 Å². The van der Waals surface area contributed by atoms with Crippen LogP contribution in [-0.2, 0) is 4.79 Å². The number of anilines is 1. The first-order valence-electron chi connectivity index (χ1n) is 8.89. The molecule has 1 saturated heterocycles. The highest BCUT2D eigenvalue weighted by atomic mass is 32.2. The molecule has 1 aromatic carbocycles. The molecular weight excluding hydrogens is 320 g/mol. The minimum atomic E-state index is 0.0654. The van der Waals surface area contributed by atoms with Gasteiger partial charge < -0.3 is 9.80 Å². The predicted molar refractivity (Wildman–Crippen MR) is 99.7 cm³/mol. The summed E-state index contributed by atoms with van der Waals surface area (Å²) in [7, 11) is 1.92. The molecule has 3 rings (SSSR count). The molecule has 1 aliphatic carbocycles. The number of carbonyl (C=O) groups excluding carboxylic acids is 2. The third kappa shape index (κ3) is 3.61. The highest BCUT2D eigenvalue weighted by Gasteiger charge is 2.30. The van der Waals surface area contributed by atoms with E-state index in [-0.39, 0.29) is 11.8 Å². The molecule has 0 radical (unpaired) electrons. The number of nitrogens with zero attached hydrogens (tertiary/aromatic N) is 2. The van der Waals surface area contributed by atoms with Gasteiger partial charge in [-0.05, 0) is 49.6 Å². The van der Waals surface area contributed by atoms with E-state index in [0.29, 0.717) is 23.3 Å². The molecule has 0 N–H and O–H groups in total. The van der Waals surface area contributed by atoms with Gasteiger partial charge in [-0.1, -0.05) is 13.0 Å². The number of hydrogen-bond donors (Lipinski definition) is 0. The van der Waals surface area contributed by atoms with E-state index in [1.165, 1.54) is 6.42 Å². The molecule has 0 bridgehead atoms. The lowest BCUT2D eigenvalue weighted by atomic mass is 10.1. The maximum absolute atomic E-state index is 12.9. The van der Waals surface area contributed by atoms with Crippen molar-refractivity contribution in [2.45, 2.75) is 50.3 Å². The van der Waals surface area contributed by atoms with Gasteiger partial charge >= 0.3 is 0 Å². The largest absolute Gasteiger partial charge is 0.339 e. The number of benzene rings is 1. The Morgan fingerprint density at radius 2 is 2.21 bits per heavy atom. The maximum atomic E-state index is 12.9. The predicted octanol–water partition coefficient (Wildman–Crippen LogP) is 3.56. The van der Waals surface area contributed by atoms with Crippen LogP contribution in [0.3, 0.4) is 0 Å². The topological polar surface area (TPSA) is 40.6 Å². The summed E-state index contributed by atoms with van der Waals surface area (Å²) in [5.41, 5.74) is 1.53. The van der Waals surface area contributed by atoms with Crippen molar-refractivity contribution in [2.24, 2.45) is 0 Å². The van der Waals surface area contributed by atoms with Crippen molar-refractivity contribution in [3.05, 3.63) is 29.8 Å². The van der Waals surface area contributed by atoms with Crippen LogP contribution in [-0.4, -0.2) is 47.4 Å². The molecule has 0 spiro atoms. The number of carbonyl (C=O) groups is 2. The Morgan fingerprint density at radius 3 is 2.92 bits per heavy atom. The van der Waals surface area contributed by atoms with Gasteiger partial charge in [0.15, 0.2) is 0 Å². The molecule has 1 heterocycles. The van der Waals surface area contributed by atoms with Gasteiger partial charge in [-0.15, -0.1) is 0 Å². The normalized spacial score (nSPS) is 23.8. The zero-order valence-electron chi connectivity index (χ0n) is 14.5. The summed E-state index contributed by atoms with van der Waals surface area (Å²) >= 11 is 2.00. The molecule has 1 aromatic rings. The van der Waals surface area contributed by atoms with Crippen LogP contribution in [0.15, 0.2) is 24.3 Å². The number of rotatable bonds is 5. The monoisotopic (exact) mass is 346 g/mol. The minimum absolute atomic E-state index is 0.0654. The Bertz CT molecular complexity index is 619. The average molecular weight is 346 g/mol. The fourth-order valence-corrected chi connectivity index (χ4v) is 4.89. The van der Waals surface area contributed by atoms with Gasteiger partial charge in [-0.2, -0.15) is 11.8 Å². The van der Waals surface area contributed by atoms with Gasteiger partial charge in [0.1, 0.15) is 0 Å². The van der Waals surface area contributed by atoms with Crippen LogP contribution in [0.25, 0.3) is 0 Å². The standard InChI is InChI=1S/C19H26N2O2S/c1-3-24-17-10-9-15(13-17)20(2)19(23)14-6-4-7-16(12-14)21-11-5-8-18(21)22/h4,6-7,12,15,17H,3,5,8-11,13H2,1-2H3/t15-,17+/m1/s1. The summed E-state index contributed by atoms with van der Waals surface area (Å²) < 4.78 is 0. The van der Waals surface area contributed by atoms with Crippen molar-refractivity contribution in [1.29, 1.82) is 0 Å². The van der Waals surface area contributed by atoms with Gasteiger partial charge in [0.25, 0.3) is 5.91 Å². The van der Waals surface area contributed by atoms with Crippen molar-refractivity contribution in [1.82, 2.24) is 4.90 Å². The third-order valence-corrected chi connectivity index (χ3v) is 6.34. The Kier molecular flexibility index (Phi) is 5.49. The van der Waals surface area contributed by atoms with Gasteiger partial charge in [0.05, 0.1) is 0 Å². The second-order valence-electron chi connectivity index (χ2n) is 6.66. The second-order valence-corrected chi connectivity index (χ2v) is 8.24. The minimum Gasteiger partial charge on any atom is -0.339 e.